The van der Waals surface area contributed by atoms with Crippen molar-refractivity contribution in [1.82, 2.24) is 9.80 Å². The molecule has 11 nitrogen and oxygen atoms in total. The van der Waals surface area contributed by atoms with Crippen LogP contribution in [0.1, 0.15) is 74.1 Å². The largest absolute Gasteiger partial charge is 0.459 e. The van der Waals surface area contributed by atoms with E-state index in [4.69, 9.17) is 17.0 Å². The van der Waals surface area contributed by atoms with Crippen molar-refractivity contribution in [3.63, 3.8) is 0 Å². The third-order valence-electron chi connectivity index (χ3n) is 10.5. The number of carbonyl (C=O) groups is 1. The van der Waals surface area contributed by atoms with Crippen LogP contribution < -0.4 is 5.32 Å². The van der Waals surface area contributed by atoms with Crippen LogP contribution in [0.2, 0.25) is 0 Å². The number of ether oxygens (including phenoxy) is 1. The summed E-state index contributed by atoms with van der Waals surface area (Å²) in [4.78, 5) is 17.2. The number of cyclic esters (lactones) is 1. The third kappa shape index (κ3) is 10.1. The molecule has 12 heteroatoms. The summed E-state index contributed by atoms with van der Waals surface area (Å²) in [7, 11) is 0. The predicted octanol–water partition coefficient (Wildman–Crippen LogP) is 4.05. The van der Waals surface area contributed by atoms with Gasteiger partial charge in [0.25, 0.3) is 0 Å². The van der Waals surface area contributed by atoms with Crippen molar-refractivity contribution < 1.29 is 35.1 Å². The van der Waals surface area contributed by atoms with E-state index in [0.717, 1.165) is 16.5 Å². The second-order valence-corrected chi connectivity index (χ2v) is 15.1. The van der Waals surface area contributed by atoms with Crippen LogP contribution in [0, 0.1) is 29.1 Å². The molecule has 50 heavy (non-hydrogen) atoms. The fourth-order valence-corrected chi connectivity index (χ4v) is 7.63. The lowest BCUT2D eigenvalue weighted by Crippen LogP contribution is -2.59. The molecule has 1 heterocycles. The third-order valence-corrected chi connectivity index (χ3v) is 10.8. The molecule has 1 aliphatic rings. The molecule has 0 saturated carbocycles. The van der Waals surface area contributed by atoms with Crippen LogP contribution in [0.3, 0.4) is 0 Å². The second-order valence-electron chi connectivity index (χ2n) is 14.7. The Bertz CT molecular complexity index is 1460. The van der Waals surface area contributed by atoms with E-state index in [2.05, 4.69) is 11.4 Å². The van der Waals surface area contributed by atoms with Crippen molar-refractivity contribution in [2.75, 3.05) is 31.5 Å². The van der Waals surface area contributed by atoms with E-state index >= 15 is 0 Å². The van der Waals surface area contributed by atoms with Gasteiger partial charge in [-0.3, -0.25) is 9.69 Å². The minimum Gasteiger partial charge on any atom is -0.459 e. The van der Waals surface area contributed by atoms with E-state index in [1.807, 2.05) is 59.2 Å². The zero-order valence-corrected chi connectivity index (χ0v) is 31.4. The SMILES string of the molecule is CC[C@H]1OC(=O)[C@H](C)[C@@H](O)[C@H](C)[C@@H](O)[C@](C)(O)C[C@@H](C)CN(CCCN(CCC#N)C(=S)Nc2cccc3ccccc23)[C@H](C)[C@@H](O)[C@]1(C)O. The highest BCUT2D eigenvalue weighted by atomic mass is 32.1. The number of fused-ring (bicyclic) bond motifs is 1. The van der Waals surface area contributed by atoms with E-state index in [9.17, 15) is 35.6 Å². The number of nitrogens with one attached hydrogen (secondary N) is 1. The zero-order valence-electron chi connectivity index (χ0n) is 30.6. The average Bonchev–Trinajstić information content (AvgIpc) is 3.08. The van der Waals surface area contributed by atoms with Gasteiger partial charge in [-0.25, -0.2) is 0 Å². The summed E-state index contributed by atoms with van der Waals surface area (Å²) in [5, 5.41) is 72.4. The van der Waals surface area contributed by atoms with Gasteiger partial charge in [-0.2, -0.15) is 5.26 Å². The van der Waals surface area contributed by atoms with E-state index in [1.165, 1.54) is 20.8 Å². The number of benzene rings is 2. The monoisotopic (exact) mass is 714 g/mol. The standard InChI is InChI=1S/C38H58N4O7S/c1-8-31-38(7,48)34(45)27(5)42(23-24(2)22-37(6,47)33(44)25(3)32(43)26(4)35(46)49-31)21-13-20-41(19-12-18-39)36(50)40-30-17-11-15-28-14-9-10-16-29(28)30/h9-11,14-17,24-27,31-34,43-45,47-48H,8,12-13,19-23H2,1-7H3,(H,40,50)/t24-,25+,26-,27-,31-,32+,33-,34-,37-,38-/m1/s1. The Labute approximate surface area is 302 Å². The molecule has 0 spiro atoms. The molecule has 3 rings (SSSR count). The van der Waals surface area contributed by atoms with Crippen molar-refractivity contribution in [2.45, 2.75) is 116 Å². The molecular formula is C38H58N4O7S. The molecule has 0 radical (unpaired) electrons. The Balaban J connectivity index is 1.88. The second kappa shape index (κ2) is 18.0. The molecule has 1 aliphatic heterocycles. The number of thiocarbonyl (C=S) groups is 1. The Hall–Kier alpha value is -2.89. The van der Waals surface area contributed by atoms with Gasteiger partial charge in [0.2, 0.25) is 0 Å². The number of aliphatic hydroxyl groups excluding tert-OH is 3. The molecule has 2 aromatic rings. The first-order valence-corrected chi connectivity index (χ1v) is 18.2. The van der Waals surface area contributed by atoms with Gasteiger partial charge >= 0.3 is 5.97 Å². The van der Waals surface area contributed by atoms with Crippen LogP contribution in [-0.4, -0.2) is 114 Å². The Kier molecular flexibility index (Phi) is 15.0. The number of aliphatic hydroxyl groups is 5. The Morgan fingerprint density at radius 3 is 2.38 bits per heavy atom. The zero-order chi connectivity index (χ0) is 37.4. The number of anilines is 1. The quantitative estimate of drug-likeness (QED) is 0.172. The summed E-state index contributed by atoms with van der Waals surface area (Å²) in [6.45, 7) is 13.3. The number of carbonyl (C=O) groups excluding carboxylic acids is 1. The molecule has 1 saturated heterocycles. The Morgan fingerprint density at radius 2 is 1.72 bits per heavy atom. The molecule has 0 aliphatic carbocycles. The predicted molar refractivity (Wildman–Crippen MR) is 199 cm³/mol. The van der Waals surface area contributed by atoms with Crippen LogP contribution in [-0.2, 0) is 9.53 Å². The molecule has 1 fully saturated rings. The van der Waals surface area contributed by atoms with E-state index in [-0.39, 0.29) is 25.2 Å². The normalized spacial score (nSPS) is 33.5. The molecule has 2 aromatic carbocycles. The summed E-state index contributed by atoms with van der Waals surface area (Å²) >= 11 is 5.84. The topological polar surface area (TPSA) is 170 Å². The lowest BCUT2D eigenvalue weighted by molar-refractivity contribution is -0.193. The highest BCUT2D eigenvalue weighted by Crippen LogP contribution is 2.33. The summed E-state index contributed by atoms with van der Waals surface area (Å²) in [6, 6.07) is 15.5. The lowest BCUT2D eigenvalue weighted by atomic mass is 9.78. The van der Waals surface area contributed by atoms with Crippen LogP contribution in [0.25, 0.3) is 10.8 Å². The van der Waals surface area contributed by atoms with Crippen molar-refractivity contribution >= 4 is 39.8 Å². The number of hydrogen-bond donors (Lipinski definition) is 6. The van der Waals surface area contributed by atoms with Gasteiger partial charge < -0.3 is 40.5 Å². The number of esters is 1. The minimum atomic E-state index is -1.84. The van der Waals surface area contributed by atoms with E-state index in [1.54, 1.807) is 20.8 Å². The first-order valence-electron chi connectivity index (χ1n) is 17.8. The van der Waals surface area contributed by atoms with Gasteiger partial charge in [-0.1, -0.05) is 57.2 Å². The van der Waals surface area contributed by atoms with Crippen LogP contribution >= 0.6 is 12.2 Å². The summed E-state index contributed by atoms with van der Waals surface area (Å²) in [5.41, 5.74) is -2.57. The van der Waals surface area contributed by atoms with Crippen LogP contribution in [0.4, 0.5) is 5.69 Å². The number of nitriles is 1. The van der Waals surface area contributed by atoms with Crippen molar-refractivity contribution in [2.24, 2.45) is 17.8 Å². The maximum atomic E-state index is 13.2. The molecular weight excluding hydrogens is 657 g/mol. The number of rotatable bonds is 8. The van der Waals surface area contributed by atoms with Crippen LogP contribution in [0.15, 0.2) is 42.5 Å². The first-order chi connectivity index (χ1) is 23.5. The van der Waals surface area contributed by atoms with E-state index < -0.39 is 59.5 Å². The maximum Gasteiger partial charge on any atom is 0.311 e. The highest BCUT2D eigenvalue weighted by molar-refractivity contribution is 7.80. The van der Waals surface area contributed by atoms with Gasteiger partial charge in [0.05, 0.1) is 36.2 Å². The summed E-state index contributed by atoms with van der Waals surface area (Å²) < 4.78 is 5.71. The van der Waals surface area contributed by atoms with Gasteiger partial charge in [0, 0.05) is 49.2 Å². The molecule has 0 bridgehead atoms. The smallest absolute Gasteiger partial charge is 0.311 e. The highest BCUT2D eigenvalue weighted by Gasteiger charge is 2.47. The minimum absolute atomic E-state index is 0.171. The fraction of sp³-hybridized carbons (Fsp3) is 0.658. The number of hydrogen-bond acceptors (Lipinski definition) is 10. The summed E-state index contributed by atoms with van der Waals surface area (Å²) in [5.74, 6) is -2.88. The van der Waals surface area contributed by atoms with Gasteiger partial charge in [-0.15, -0.1) is 0 Å². The molecule has 10 atom stereocenters. The van der Waals surface area contributed by atoms with Gasteiger partial charge in [0.1, 0.15) is 17.8 Å². The summed E-state index contributed by atoms with van der Waals surface area (Å²) in [6.07, 6.45) is -3.84. The number of nitrogens with zero attached hydrogens (tertiary/aromatic N) is 3. The molecule has 278 valence electrons. The van der Waals surface area contributed by atoms with Gasteiger partial charge in [-0.05, 0) is 76.5 Å². The van der Waals surface area contributed by atoms with E-state index in [0.29, 0.717) is 37.7 Å². The molecule has 0 aromatic heterocycles. The average molecular weight is 715 g/mol. The van der Waals surface area contributed by atoms with Crippen LogP contribution in [0.5, 0.6) is 0 Å². The van der Waals surface area contributed by atoms with Crippen molar-refractivity contribution in [1.29, 1.82) is 5.26 Å². The van der Waals surface area contributed by atoms with Crippen molar-refractivity contribution in [3.05, 3.63) is 42.5 Å². The van der Waals surface area contributed by atoms with Gasteiger partial charge in [0.15, 0.2) is 5.11 Å². The fourth-order valence-electron chi connectivity index (χ4n) is 7.34. The first kappa shape index (κ1) is 41.5. The van der Waals surface area contributed by atoms with Crippen molar-refractivity contribution in [3.8, 4) is 6.07 Å². The molecule has 6 N–H and O–H groups in total. The Morgan fingerprint density at radius 1 is 1.06 bits per heavy atom. The molecule has 0 amide bonds. The lowest BCUT2D eigenvalue weighted by Gasteiger charge is -2.43. The molecule has 0 unspecified atom stereocenters. The maximum absolute atomic E-state index is 13.2.